The van der Waals surface area contributed by atoms with E-state index >= 15 is 0 Å². The van der Waals surface area contributed by atoms with Crippen molar-refractivity contribution in [1.82, 2.24) is 15.1 Å². The lowest BCUT2D eigenvalue weighted by Crippen LogP contribution is -2.33. The quantitative estimate of drug-likeness (QED) is 0.602. The Morgan fingerprint density at radius 1 is 1.03 bits per heavy atom. The molecule has 0 unspecified atom stereocenters. The van der Waals surface area contributed by atoms with Crippen molar-refractivity contribution in [3.8, 4) is 5.69 Å². The lowest BCUT2D eigenvalue weighted by atomic mass is 10.2. The van der Waals surface area contributed by atoms with Gasteiger partial charge in [-0.2, -0.15) is 18.3 Å². The second kappa shape index (κ2) is 9.08. The molecule has 0 aliphatic rings. The summed E-state index contributed by atoms with van der Waals surface area (Å²) in [6.45, 7) is -1.41. The molecule has 6 nitrogen and oxygen atoms in total. The summed E-state index contributed by atoms with van der Waals surface area (Å²) in [5.41, 5.74) is 2.07. The van der Waals surface area contributed by atoms with E-state index in [1.165, 1.54) is 30.3 Å². The number of anilines is 1. The topological polar surface area (TPSA) is 76.0 Å². The second-order valence-electron chi connectivity index (χ2n) is 6.25. The van der Waals surface area contributed by atoms with Crippen LogP contribution in [-0.2, 0) is 4.79 Å². The van der Waals surface area contributed by atoms with Crippen LogP contribution in [0.3, 0.4) is 0 Å². The van der Waals surface area contributed by atoms with Gasteiger partial charge in [0.1, 0.15) is 6.54 Å². The smallest absolute Gasteiger partial charge is 0.343 e. The molecule has 154 valence electrons. The van der Waals surface area contributed by atoms with Crippen molar-refractivity contribution in [2.45, 2.75) is 6.18 Å². The zero-order chi connectivity index (χ0) is 21.6. The molecule has 0 bridgehead atoms. The molecule has 2 amide bonds. The number of carbonyl (C=O) groups excluding carboxylic acids is 2. The lowest BCUT2D eigenvalue weighted by molar-refractivity contribution is -0.123. The molecule has 2 aromatic carbocycles. The Bertz CT molecular complexity index is 1040. The third-order valence-electron chi connectivity index (χ3n) is 3.91. The Kier molecular flexibility index (Phi) is 6.31. The number of hydrogen-bond donors (Lipinski definition) is 2. The Labute approximate surface area is 170 Å². The third-order valence-corrected chi connectivity index (χ3v) is 3.91. The van der Waals surface area contributed by atoms with Crippen molar-refractivity contribution in [3.63, 3.8) is 0 Å². The summed E-state index contributed by atoms with van der Waals surface area (Å²) in [4.78, 5) is 23.7. The van der Waals surface area contributed by atoms with Crippen LogP contribution >= 0.6 is 0 Å². The minimum absolute atomic E-state index is 0.0566. The van der Waals surface area contributed by atoms with E-state index in [4.69, 9.17) is 0 Å². The number of rotatable bonds is 6. The first-order valence-electron chi connectivity index (χ1n) is 8.84. The lowest BCUT2D eigenvalue weighted by Gasteiger charge is -2.09. The number of nitrogens with one attached hydrogen (secondary N) is 2. The van der Waals surface area contributed by atoms with Crippen LogP contribution in [0.5, 0.6) is 0 Å². The highest BCUT2D eigenvalue weighted by atomic mass is 19.4. The highest BCUT2D eigenvalue weighted by molar-refractivity contribution is 6.02. The molecule has 0 radical (unpaired) electrons. The maximum absolute atomic E-state index is 12.1. The first kappa shape index (κ1) is 20.8. The fourth-order valence-electron chi connectivity index (χ4n) is 2.49. The maximum atomic E-state index is 12.1. The van der Waals surface area contributed by atoms with Crippen LogP contribution < -0.4 is 10.6 Å². The van der Waals surface area contributed by atoms with E-state index in [0.717, 1.165) is 11.3 Å². The number of halogens is 3. The van der Waals surface area contributed by atoms with Crippen LogP contribution in [0.1, 0.15) is 15.9 Å². The van der Waals surface area contributed by atoms with E-state index in [1.807, 2.05) is 30.3 Å². The van der Waals surface area contributed by atoms with Gasteiger partial charge in [0, 0.05) is 29.1 Å². The molecule has 0 saturated heterocycles. The van der Waals surface area contributed by atoms with Crippen LogP contribution in [0.15, 0.2) is 73.1 Å². The first-order chi connectivity index (χ1) is 14.3. The normalized spacial score (nSPS) is 11.4. The van der Waals surface area contributed by atoms with Crippen LogP contribution in [0, 0.1) is 0 Å². The first-order valence-corrected chi connectivity index (χ1v) is 8.84. The van der Waals surface area contributed by atoms with E-state index in [-0.39, 0.29) is 5.56 Å². The molecule has 3 aromatic rings. The van der Waals surface area contributed by atoms with Gasteiger partial charge in [0.2, 0.25) is 5.91 Å². The fourth-order valence-corrected chi connectivity index (χ4v) is 2.49. The Morgan fingerprint density at radius 3 is 2.40 bits per heavy atom. The van der Waals surface area contributed by atoms with Gasteiger partial charge in [-0.3, -0.25) is 9.59 Å². The molecular formula is C21H17F3N4O2. The van der Waals surface area contributed by atoms with E-state index in [1.54, 1.807) is 28.5 Å². The molecule has 1 heterocycles. The number of aromatic nitrogens is 2. The molecular weight excluding hydrogens is 397 g/mol. The molecule has 9 heteroatoms. The van der Waals surface area contributed by atoms with Crippen LogP contribution in [0.2, 0.25) is 0 Å². The molecule has 0 aliphatic heterocycles. The van der Waals surface area contributed by atoms with Crippen molar-refractivity contribution in [1.29, 1.82) is 0 Å². The molecule has 30 heavy (non-hydrogen) atoms. The van der Waals surface area contributed by atoms with Gasteiger partial charge in [-0.1, -0.05) is 18.2 Å². The van der Waals surface area contributed by atoms with Gasteiger partial charge in [-0.25, -0.2) is 4.68 Å². The standard InChI is InChI=1S/C21H17F3N4O2/c22-21(23,24)14-25-20(30)16-7-9-17(10-8-16)27-19(29)11-6-15-12-26-28(13-15)18-4-2-1-3-5-18/h1-13H,14H2,(H,25,30)(H,27,29)/b11-6+. The van der Waals surface area contributed by atoms with Crippen LogP contribution in [-0.4, -0.2) is 34.3 Å². The summed E-state index contributed by atoms with van der Waals surface area (Å²) >= 11 is 0. The fraction of sp³-hybridized carbons (Fsp3) is 0.0952. The average Bonchev–Trinajstić information content (AvgIpc) is 3.20. The molecule has 2 N–H and O–H groups in total. The molecule has 3 rings (SSSR count). The van der Waals surface area contributed by atoms with Crippen molar-refractivity contribution in [2.75, 3.05) is 11.9 Å². The van der Waals surface area contributed by atoms with Gasteiger partial charge in [0.25, 0.3) is 5.91 Å². The third kappa shape index (κ3) is 6.06. The predicted octanol–water partition coefficient (Wildman–Crippen LogP) is 3.82. The summed E-state index contributed by atoms with van der Waals surface area (Å²) in [5, 5.41) is 8.62. The number of benzene rings is 2. The summed E-state index contributed by atoms with van der Waals surface area (Å²) in [7, 11) is 0. The number of nitrogens with zero attached hydrogens (tertiary/aromatic N) is 2. The molecule has 0 saturated carbocycles. The van der Waals surface area contributed by atoms with Gasteiger partial charge >= 0.3 is 6.18 Å². The number of carbonyl (C=O) groups is 2. The molecule has 0 fully saturated rings. The predicted molar refractivity (Wildman–Crippen MR) is 106 cm³/mol. The monoisotopic (exact) mass is 414 g/mol. The van der Waals surface area contributed by atoms with Gasteiger partial charge in [0.15, 0.2) is 0 Å². The van der Waals surface area contributed by atoms with E-state index in [9.17, 15) is 22.8 Å². The second-order valence-corrected chi connectivity index (χ2v) is 6.25. The summed E-state index contributed by atoms with van der Waals surface area (Å²) in [6.07, 6.45) is 1.84. The Morgan fingerprint density at radius 2 is 1.73 bits per heavy atom. The Balaban J connectivity index is 1.55. The molecule has 0 atom stereocenters. The maximum Gasteiger partial charge on any atom is 0.405 e. The van der Waals surface area contributed by atoms with Gasteiger partial charge in [0.05, 0.1) is 11.9 Å². The van der Waals surface area contributed by atoms with Crippen molar-refractivity contribution >= 4 is 23.6 Å². The van der Waals surface area contributed by atoms with Crippen LogP contribution in [0.4, 0.5) is 18.9 Å². The van der Waals surface area contributed by atoms with Crippen molar-refractivity contribution in [3.05, 3.63) is 84.2 Å². The summed E-state index contributed by atoms with van der Waals surface area (Å²) in [6, 6.07) is 15.0. The molecule has 0 spiro atoms. The minimum atomic E-state index is -4.48. The molecule has 0 aliphatic carbocycles. The summed E-state index contributed by atoms with van der Waals surface area (Å²) < 4.78 is 38.1. The highest BCUT2D eigenvalue weighted by Gasteiger charge is 2.27. The van der Waals surface area contributed by atoms with Gasteiger partial charge in [-0.15, -0.1) is 0 Å². The van der Waals surface area contributed by atoms with Crippen LogP contribution in [0.25, 0.3) is 11.8 Å². The number of alkyl halides is 3. The zero-order valence-corrected chi connectivity index (χ0v) is 15.6. The van der Waals surface area contributed by atoms with E-state index in [2.05, 4.69) is 10.4 Å². The highest BCUT2D eigenvalue weighted by Crippen LogP contribution is 2.14. The number of hydrogen-bond acceptors (Lipinski definition) is 3. The number of para-hydroxylation sites is 1. The van der Waals surface area contributed by atoms with E-state index < -0.39 is 24.5 Å². The zero-order valence-electron chi connectivity index (χ0n) is 15.6. The minimum Gasteiger partial charge on any atom is -0.343 e. The number of amides is 2. The Hall–Kier alpha value is -3.88. The largest absolute Gasteiger partial charge is 0.405 e. The van der Waals surface area contributed by atoms with E-state index in [0.29, 0.717) is 5.69 Å². The van der Waals surface area contributed by atoms with Crippen molar-refractivity contribution in [2.24, 2.45) is 0 Å². The average molecular weight is 414 g/mol. The van der Waals surface area contributed by atoms with Crippen molar-refractivity contribution < 1.29 is 22.8 Å². The molecule has 1 aromatic heterocycles. The van der Waals surface area contributed by atoms with Gasteiger partial charge in [-0.05, 0) is 42.5 Å². The van der Waals surface area contributed by atoms with Gasteiger partial charge < -0.3 is 10.6 Å². The SMILES string of the molecule is O=C(/C=C/c1cnn(-c2ccccc2)c1)Nc1ccc(C(=O)NCC(F)(F)F)cc1. The summed E-state index contributed by atoms with van der Waals surface area (Å²) in [5.74, 6) is -1.25.